The van der Waals surface area contributed by atoms with Crippen LogP contribution in [0.25, 0.3) is 5.69 Å². The third kappa shape index (κ3) is 6.20. The lowest BCUT2D eigenvalue weighted by molar-refractivity contribution is -0.143. The molecule has 0 unspecified atom stereocenters. The SMILES string of the molecule is Cc1ccccc1-n1ncc(C(=O)NCCc2ccc(OCC(=O)NC3CC3)cc2)c1C(F)(F)F. The molecule has 1 aliphatic rings. The molecule has 0 aliphatic heterocycles. The Morgan fingerprint density at radius 3 is 2.49 bits per heavy atom. The Morgan fingerprint density at radius 2 is 1.83 bits per heavy atom. The van der Waals surface area contributed by atoms with Crippen molar-refractivity contribution >= 4 is 11.8 Å². The maximum atomic E-state index is 13.8. The van der Waals surface area contributed by atoms with Crippen LogP contribution >= 0.6 is 0 Å². The van der Waals surface area contributed by atoms with Crippen LogP contribution in [0.2, 0.25) is 0 Å². The normalized spacial score (nSPS) is 13.4. The molecule has 0 bridgehead atoms. The highest BCUT2D eigenvalue weighted by atomic mass is 19.4. The fraction of sp³-hybridized carbons (Fsp3) is 0.320. The van der Waals surface area contributed by atoms with Crippen LogP contribution in [0.1, 0.15) is 40.0 Å². The van der Waals surface area contributed by atoms with Crippen LogP contribution in [0, 0.1) is 6.92 Å². The summed E-state index contributed by atoms with van der Waals surface area (Å²) in [5.41, 5.74) is 0.0625. The molecule has 35 heavy (non-hydrogen) atoms. The zero-order chi connectivity index (χ0) is 25.0. The number of alkyl halides is 3. The quantitative estimate of drug-likeness (QED) is 0.482. The number of benzene rings is 2. The maximum absolute atomic E-state index is 13.8. The third-order valence-electron chi connectivity index (χ3n) is 5.56. The Bertz CT molecular complexity index is 1200. The van der Waals surface area contributed by atoms with E-state index in [-0.39, 0.29) is 30.8 Å². The molecule has 3 aromatic rings. The lowest BCUT2D eigenvalue weighted by atomic mass is 10.1. The molecule has 2 amide bonds. The first-order valence-corrected chi connectivity index (χ1v) is 11.2. The second kappa shape index (κ2) is 10.2. The number of hydrogen-bond acceptors (Lipinski definition) is 4. The third-order valence-corrected chi connectivity index (χ3v) is 5.56. The summed E-state index contributed by atoms with van der Waals surface area (Å²) in [6, 6.07) is 13.8. The number of aryl methyl sites for hydroxylation is 1. The predicted molar refractivity (Wildman–Crippen MR) is 122 cm³/mol. The Kier molecular flexibility index (Phi) is 7.09. The van der Waals surface area contributed by atoms with E-state index in [0.717, 1.165) is 29.3 Å². The summed E-state index contributed by atoms with van der Waals surface area (Å²) < 4.78 is 47.7. The minimum Gasteiger partial charge on any atom is -0.484 e. The molecule has 1 fully saturated rings. The van der Waals surface area contributed by atoms with Crippen LogP contribution in [-0.4, -0.2) is 40.8 Å². The smallest absolute Gasteiger partial charge is 0.434 e. The van der Waals surface area contributed by atoms with E-state index in [1.807, 2.05) is 0 Å². The van der Waals surface area contributed by atoms with E-state index in [4.69, 9.17) is 4.74 Å². The fourth-order valence-electron chi connectivity index (χ4n) is 3.58. The number of amides is 2. The van der Waals surface area contributed by atoms with Crippen LogP contribution in [0.4, 0.5) is 13.2 Å². The topological polar surface area (TPSA) is 85.2 Å². The van der Waals surface area contributed by atoms with Crippen LogP contribution in [0.15, 0.2) is 54.7 Å². The monoisotopic (exact) mass is 486 g/mol. The van der Waals surface area contributed by atoms with Gasteiger partial charge in [0.15, 0.2) is 12.3 Å². The average Bonchev–Trinajstić information content (AvgIpc) is 3.51. The number of rotatable bonds is 9. The second-order valence-electron chi connectivity index (χ2n) is 8.38. The van der Waals surface area contributed by atoms with Gasteiger partial charge in [-0.1, -0.05) is 30.3 Å². The van der Waals surface area contributed by atoms with Crippen molar-refractivity contribution in [3.8, 4) is 11.4 Å². The summed E-state index contributed by atoms with van der Waals surface area (Å²) in [7, 11) is 0. The van der Waals surface area contributed by atoms with E-state index >= 15 is 0 Å². The Balaban J connectivity index is 1.35. The number of hydrogen-bond donors (Lipinski definition) is 2. The van der Waals surface area contributed by atoms with Crippen LogP contribution < -0.4 is 15.4 Å². The van der Waals surface area contributed by atoms with E-state index in [2.05, 4.69) is 15.7 Å². The van der Waals surface area contributed by atoms with Crippen LogP contribution in [0.3, 0.4) is 0 Å². The summed E-state index contributed by atoms with van der Waals surface area (Å²) in [6.45, 7) is 1.75. The lowest BCUT2D eigenvalue weighted by Gasteiger charge is -2.14. The molecule has 10 heteroatoms. The number of halogens is 3. The molecule has 0 saturated heterocycles. The summed E-state index contributed by atoms with van der Waals surface area (Å²) in [6.07, 6.45) is -1.42. The van der Waals surface area contributed by atoms with Crippen molar-refractivity contribution in [3.05, 3.63) is 77.1 Å². The van der Waals surface area contributed by atoms with Crippen LogP contribution in [0.5, 0.6) is 5.75 Å². The number of ether oxygens (including phenoxy) is 1. The highest BCUT2D eigenvalue weighted by Gasteiger charge is 2.40. The second-order valence-corrected chi connectivity index (χ2v) is 8.38. The standard InChI is InChI=1S/C25H25F3N4O3/c1-16-4-2-3-5-21(16)32-23(25(26,27)28)20(14-30-32)24(34)29-13-12-17-6-10-19(11-7-17)35-15-22(33)31-18-8-9-18/h2-7,10-11,14,18H,8-9,12-13,15H2,1H3,(H,29,34)(H,31,33). The van der Waals surface area contributed by atoms with Crippen molar-refractivity contribution in [2.75, 3.05) is 13.2 Å². The molecule has 184 valence electrons. The van der Waals surface area contributed by atoms with Gasteiger partial charge in [-0.05, 0) is 55.5 Å². The molecular weight excluding hydrogens is 461 g/mol. The van der Waals surface area contributed by atoms with Gasteiger partial charge in [-0.2, -0.15) is 18.3 Å². The van der Waals surface area contributed by atoms with E-state index < -0.39 is 23.3 Å². The molecule has 1 saturated carbocycles. The number of carbonyl (C=O) groups is 2. The fourth-order valence-corrected chi connectivity index (χ4v) is 3.58. The number of para-hydroxylation sites is 1. The zero-order valence-corrected chi connectivity index (χ0v) is 19.1. The van der Waals surface area contributed by atoms with Gasteiger partial charge in [0.1, 0.15) is 5.75 Å². The molecule has 0 spiro atoms. The maximum Gasteiger partial charge on any atom is 0.434 e. The first-order chi connectivity index (χ1) is 16.7. The van der Waals surface area contributed by atoms with Gasteiger partial charge in [-0.25, -0.2) is 4.68 Å². The van der Waals surface area contributed by atoms with Crippen molar-refractivity contribution in [3.63, 3.8) is 0 Å². The largest absolute Gasteiger partial charge is 0.484 e. The summed E-state index contributed by atoms with van der Waals surface area (Å²) in [5.74, 6) is -0.482. The average molecular weight is 486 g/mol. The highest BCUT2D eigenvalue weighted by molar-refractivity contribution is 5.95. The molecule has 4 rings (SSSR count). The van der Waals surface area contributed by atoms with Gasteiger partial charge < -0.3 is 15.4 Å². The van der Waals surface area contributed by atoms with Gasteiger partial charge in [0.2, 0.25) is 0 Å². The first-order valence-electron chi connectivity index (χ1n) is 11.2. The van der Waals surface area contributed by atoms with E-state index in [9.17, 15) is 22.8 Å². The number of nitrogens with zero attached hydrogens (tertiary/aromatic N) is 2. The predicted octanol–water partition coefficient (Wildman–Crippen LogP) is 3.83. The van der Waals surface area contributed by atoms with E-state index in [1.165, 1.54) is 6.07 Å². The Hall–Kier alpha value is -3.82. The molecule has 0 atom stereocenters. The van der Waals surface area contributed by atoms with Crippen molar-refractivity contribution in [2.45, 2.75) is 38.4 Å². The summed E-state index contributed by atoms with van der Waals surface area (Å²) in [5, 5.41) is 9.23. The minimum absolute atomic E-state index is 0.0658. The van der Waals surface area contributed by atoms with Crippen molar-refractivity contribution in [1.82, 2.24) is 20.4 Å². The molecule has 0 radical (unpaired) electrons. The number of nitrogens with one attached hydrogen (secondary N) is 2. The van der Waals surface area contributed by atoms with E-state index in [0.29, 0.717) is 17.7 Å². The van der Waals surface area contributed by atoms with Crippen LogP contribution in [-0.2, 0) is 17.4 Å². The van der Waals surface area contributed by atoms with Gasteiger partial charge in [-0.15, -0.1) is 0 Å². The van der Waals surface area contributed by atoms with Gasteiger partial charge in [0.05, 0.1) is 17.4 Å². The minimum atomic E-state index is -4.77. The summed E-state index contributed by atoms with van der Waals surface area (Å²) in [4.78, 5) is 24.3. The molecule has 1 aliphatic carbocycles. The van der Waals surface area contributed by atoms with Gasteiger partial charge in [0.25, 0.3) is 11.8 Å². The highest BCUT2D eigenvalue weighted by Crippen LogP contribution is 2.34. The number of aromatic nitrogens is 2. The Morgan fingerprint density at radius 1 is 1.11 bits per heavy atom. The van der Waals surface area contributed by atoms with Gasteiger partial charge in [0, 0.05) is 12.6 Å². The summed E-state index contributed by atoms with van der Waals surface area (Å²) >= 11 is 0. The molecule has 7 nitrogen and oxygen atoms in total. The van der Waals surface area contributed by atoms with Gasteiger partial charge >= 0.3 is 6.18 Å². The molecule has 2 aromatic carbocycles. The lowest BCUT2D eigenvalue weighted by Crippen LogP contribution is -2.30. The van der Waals surface area contributed by atoms with Crippen molar-refractivity contribution < 1.29 is 27.5 Å². The molecular formula is C25H25F3N4O3. The number of carbonyl (C=O) groups excluding carboxylic acids is 2. The van der Waals surface area contributed by atoms with E-state index in [1.54, 1.807) is 49.4 Å². The van der Waals surface area contributed by atoms with Gasteiger partial charge in [-0.3, -0.25) is 9.59 Å². The van der Waals surface area contributed by atoms with Crippen molar-refractivity contribution in [2.24, 2.45) is 0 Å². The Labute approximate surface area is 200 Å². The zero-order valence-electron chi connectivity index (χ0n) is 19.1. The molecule has 1 heterocycles. The molecule has 1 aromatic heterocycles. The molecule has 2 N–H and O–H groups in total. The van der Waals surface area contributed by atoms with Crippen molar-refractivity contribution in [1.29, 1.82) is 0 Å². The first kappa shape index (κ1) is 24.3.